The molecule has 1 aliphatic rings. The van der Waals surface area contributed by atoms with Gasteiger partial charge in [0.1, 0.15) is 0 Å². The van der Waals surface area contributed by atoms with E-state index in [0.29, 0.717) is 0 Å². The Morgan fingerprint density at radius 3 is 2.35 bits per heavy atom. The summed E-state index contributed by atoms with van der Waals surface area (Å²) in [5, 5.41) is 3.86. The van der Waals surface area contributed by atoms with Crippen LogP contribution in [0.3, 0.4) is 0 Å². The van der Waals surface area contributed by atoms with Crippen LogP contribution in [0, 0.1) is 17.8 Å². The zero-order valence-corrected chi connectivity index (χ0v) is 12.5. The summed E-state index contributed by atoms with van der Waals surface area (Å²) in [5.41, 5.74) is 0. The summed E-state index contributed by atoms with van der Waals surface area (Å²) in [6.07, 6.45) is 9.76. The van der Waals surface area contributed by atoms with Crippen molar-refractivity contribution in [1.29, 1.82) is 0 Å². The molecule has 0 spiro atoms. The maximum Gasteiger partial charge on any atom is 0.0123 e. The fraction of sp³-hybridized carbons (Fsp3) is 1.00. The Kier molecular flexibility index (Phi) is 7.18. The first-order valence-electron chi connectivity index (χ1n) is 7.96. The molecule has 1 N–H and O–H groups in total. The highest BCUT2D eigenvalue weighted by Crippen LogP contribution is 2.34. The number of hydrogen-bond acceptors (Lipinski definition) is 1. The first-order chi connectivity index (χ1) is 8.22. The molecule has 1 nitrogen and oxygen atoms in total. The van der Waals surface area contributed by atoms with Crippen LogP contribution >= 0.6 is 0 Å². The van der Waals surface area contributed by atoms with E-state index in [4.69, 9.17) is 0 Å². The minimum atomic E-state index is 0.785. The van der Waals surface area contributed by atoms with Crippen molar-refractivity contribution in [3.63, 3.8) is 0 Å². The molecule has 3 atom stereocenters. The van der Waals surface area contributed by atoms with Gasteiger partial charge in [0.05, 0.1) is 0 Å². The fourth-order valence-corrected chi connectivity index (χ4v) is 3.63. The lowest BCUT2D eigenvalue weighted by atomic mass is 9.73. The highest BCUT2D eigenvalue weighted by Gasteiger charge is 2.30. The number of rotatable bonds is 7. The Hall–Kier alpha value is -0.0400. The van der Waals surface area contributed by atoms with Gasteiger partial charge in [-0.15, -0.1) is 0 Å². The monoisotopic (exact) mass is 239 g/mol. The van der Waals surface area contributed by atoms with Gasteiger partial charge in [-0.2, -0.15) is 0 Å². The molecule has 0 aromatic heterocycles. The molecular weight excluding hydrogens is 206 g/mol. The molecule has 1 saturated carbocycles. The smallest absolute Gasteiger partial charge is 0.0123 e. The molecule has 0 heterocycles. The molecule has 17 heavy (non-hydrogen) atoms. The van der Waals surface area contributed by atoms with Crippen LogP contribution in [0.5, 0.6) is 0 Å². The predicted molar refractivity (Wildman–Crippen MR) is 77.3 cm³/mol. The third-order valence-corrected chi connectivity index (χ3v) is 4.67. The highest BCUT2D eigenvalue weighted by atomic mass is 14.9. The van der Waals surface area contributed by atoms with Crippen molar-refractivity contribution in [1.82, 2.24) is 5.32 Å². The minimum Gasteiger partial charge on any atom is -0.313 e. The molecule has 102 valence electrons. The van der Waals surface area contributed by atoms with Crippen molar-refractivity contribution in [2.45, 2.75) is 78.7 Å². The van der Waals surface area contributed by atoms with Crippen molar-refractivity contribution in [2.24, 2.45) is 17.8 Å². The molecule has 3 unspecified atom stereocenters. The summed E-state index contributed by atoms with van der Waals surface area (Å²) >= 11 is 0. The van der Waals surface area contributed by atoms with Gasteiger partial charge in [0.25, 0.3) is 0 Å². The Morgan fingerprint density at radius 1 is 1.12 bits per heavy atom. The van der Waals surface area contributed by atoms with Crippen molar-refractivity contribution in [3.8, 4) is 0 Å². The molecule has 0 radical (unpaired) electrons. The van der Waals surface area contributed by atoms with Gasteiger partial charge in [-0.05, 0) is 43.6 Å². The van der Waals surface area contributed by atoms with Crippen LogP contribution in [-0.4, -0.2) is 12.6 Å². The van der Waals surface area contributed by atoms with E-state index >= 15 is 0 Å². The second-order valence-corrected chi connectivity index (χ2v) is 6.09. The second-order valence-electron chi connectivity index (χ2n) is 6.09. The molecule has 1 rings (SSSR count). The van der Waals surface area contributed by atoms with Crippen molar-refractivity contribution in [3.05, 3.63) is 0 Å². The van der Waals surface area contributed by atoms with E-state index in [9.17, 15) is 0 Å². The van der Waals surface area contributed by atoms with Crippen LogP contribution in [0.1, 0.15) is 72.6 Å². The van der Waals surface area contributed by atoms with Gasteiger partial charge < -0.3 is 5.32 Å². The van der Waals surface area contributed by atoms with E-state index in [1.165, 1.54) is 51.5 Å². The molecule has 0 amide bonds. The van der Waals surface area contributed by atoms with Gasteiger partial charge in [-0.25, -0.2) is 0 Å². The van der Waals surface area contributed by atoms with Crippen LogP contribution in [0.2, 0.25) is 0 Å². The maximum atomic E-state index is 3.86. The van der Waals surface area contributed by atoms with Crippen molar-refractivity contribution >= 4 is 0 Å². The van der Waals surface area contributed by atoms with Crippen LogP contribution in [0.25, 0.3) is 0 Å². The van der Waals surface area contributed by atoms with Crippen molar-refractivity contribution < 1.29 is 0 Å². The number of hydrogen-bond donors (Lipinski definition) is 1. The third-order valence-electron chi connectivity index (χ3n) is 4.67. The topological polar surface area (TPSA) is 12.0 Å². The standard InChI is InChI=1S/C16H33N/c1-5-11-17-16(14(6-2)7-3)15-10-8-9-13(4)12-15/h13-17H,5-12H2,1-4H3. The molecule has 1 aliphatic carbocycles. The third kappa shape index (κ3) is 4.62. The summed E-state index contributed by atoms with van der Waals surface area (Å²) < 4.78 is 0. The van der Waals surface area contributed by atoms with E-state index in [0.717, 1.165) is 23.8 Å². The van der Waals surface area contributed by atoms with Gasteiger partial charge in [0.15, 0.2) is 0 Å². The van der Waals surface area contributed by atoms with E-state index in [1.54, 1.807) is 0 Å². The zero-order chi connectivity index (χ0) is 12.7. The van der Waals surface area contributed by atoms with Crippen LogP contribution in [0.15, 0.2) is 0 Å². The summed E-state index contributed by atoms with van der Waals surface area (Å²) in [6.45, 7) is 10.6. The lowest BCUT2D eigenvalue weighted by Crippen LogP contribution is -2.44. The highest BCUT2D eigenvalue weighted by molar-refractivity contribution is 4.85. The van der Waals surface area contributed by atoms with E-state index in [1.807, 2.05) is 0 Å². The van der Waals surface area contributed by atoms with E-state index in [-0.39, 0.29) is 0 Å². The Labute approximate surface area is 109 Å². The molecule has 0 aromatic rings. The number of nitrogens with one attached hydrogen (secondary N) is 1. The van der Waals surface area contributed by atoms with Gasteiger partial charge in [0, 0.05) is 6.04 Å². The average Bonchev–Trinajstić information content (AvgIpc) is 2.34. The van der Waals surface area contributed by atoms with Gasteiger partial charge >= 0.3 is 0 Å². The summed E-state index contributed by atoms with van der Waals surface area (Å²) in [4.78, 5) is 0. The Morgan fingerprint density at radius 2 is 1.82 bits per heavy atom. The normalized spacial score (nSPS) is 27.4. The molecule has 0 aromatic carbocycles. The molecule has 1 fully saturated rings. The predicted octanol–water partition coefficient (Wildman–Crippen LogP) is 4.62. The molecule has 1 heteroatoms. The zero-order valence-electron chi connectivity index (χ0n) is 12.5. The average molecular weight is 239 g/mol. The summed E-state index contributed by atoms with van der Waals surface area (Å²) in [7, 11) is 0. The molecule has 0 aliphatic heterocycles. The van der Waals surface area contributed by atoms with Crippen LogP contribution in [0.4, 0.5) is 0 Å². The fourth-order valence-electron chi connectivity index (χ4n) is 3.63. The van der Waals surface area contributed by atoms with Gasteiger partial charge in [-0.1, -0.05) is 53.4 Å². The molecule has 0 saturated heterocycles. The maximum absolute atomic E-state index is 3.86. The lowest BCUT2D eigenvalue weighted by molar-refractivity contribution is 0.170. The van der Waals surface area contributed by atoms with Crippen LogP contribution < -0.4 is 5.32 Å². The quantitative estimate of drug-likeness (QED) is 0.683. The van der Waals surface area contributed by atoms with Gasteiger partial charge in [0.2, 0.25) is 0 Å². The largest absolute Gasteiger partial charge is 0.313 e. The first-order valence-corrected chi connectivity index (χ1v) is 7.96. The molecular formula is C16H33N. The SMILES string of the molecule is CCCNC(C(CC)CC)C1CCCC(C)C1. The summed E-state index contributed by atoms with van der Waals surface area (Å²) in [6, 6.07) is 0.785. The van der Waals surface area contributed by atoms with Gasteiger partial charge in [-0.3, -0.25) is 0 Å². The minimum absolute atomic E-state index is 0.785. The first kappa shape index (κ1) is 15.0. The summed E-state index contributed by atoms with van der Waals surface area (Å²) in [5.74, 6) is 2.78. The van der Waals surface area contributed by atoms with Crippen molar-refractivity contribution in [2.75, 3.05) is 6.54 Å². The Balaban J connectivity index is 2.59. The second kappa shape index (κ2) is 8.13. The van der Waals surface area contributed by atoms with Crippen LogP contribution in [-0.2, 0) is 0 Å². The molecule has 0 bridgehead atoms. The Bertz CT molecular complexity index is 186. The lowest BCUT2D eigenvalue weighted by Gasteiger charge is -2.38. The van der Waals surface area contributed by atoms with E-state index < -0.39 is 0 Å². The van der Waals surface area contributed by atoms with E-state index in [2.05, 4.69) is 33.0 Å².